The zero-order chi connectivity index (χ0) is 30.1. The number of halogens is 5. The molecule has 0 aliphatic rings. The molecule has 0 heterocycles. The standard InChI is InChI=1S/C34H33F4NO3.ClH/c1-24(42-29-14-8-9-25(19-29)21-33(40)41)17-18-39(22-26-15-16-32(35)31(20-26)34(36,37)38)23-30(27-10-4-2-5-11-27)28-12-6-3-7-13-28;/h2-16,19-20,24,30H,17-18,21-23H2,1H3,(H,40,41);1H. The fourth-order valence-electron chi connectivity index (χ4n) is 4.97. The molecular formula is C34H34ClF4NO3. The first kappa shape index (κ1) is 33.6. The predicted octanol–water partition coefficient (Wildman–Crippen LogP) is 8.39. The molecule has 0 saturated carbocycles. The Hall–Kier alpha value is -3.88. The average Bonchev–Trinajstić information content (AvgIpc) is 2.95. The molecule has 0 saturated heterocycles. The number of aliphatic carboxylic acids is 1. The van der Waals surface area contributed by atoms with Crippen molar-refractivity contribution >= 4 is 18.4 Å². The number of carboxylic acid groups (broad SMARTS) is 1. The summed E-state index contributed by atoms with van der Waals surface area (Å²) in [4.78, 5) is 13.2. The molecule has 228 valence electrons. The van der Waals surface area contributed by atoms with Crippen molar-refractivity contribution < 1.29 is 32.2 Å². The minimum atomic E-state index is -4.79. The van der Waals surface area contributed by atoms with Crippen LogP contribution in [0.3, 0.4) is 0 Å². The Kier molecular flexibility index (Phi) is 12.2. The second-order valence-electron chi connectivity index (χ2n) is 10.4. The minimum absolute atomic E-state index is 0. The first-order valence-corrected chi connectivity index (χ1v) is 13.7. The van der Waals surface area contributed by atoms with Gasteiger partial charge in [0.15, 0.2) is 0 Å². The van der Waals surface area contributed by atoms with E-state index in [1.807, 2.05) is 67.6 Å². The van der Waals surface area contributed by atoms with Crippen LogP contribution in [0.15, 0.2) is 103 Å². The number of hydrogen-bond acceptors (Lipinski definition) is 3. The summed E-state index contributed by atoms with van der Waals surface area (Å²) in [5, 5.41) is 9.09. The van der Waals surface area contributed by atoms with Gasteiger partial charge in [-0.3, -0.25) is 9.69 Å². The summed E-state index contributed by atoms with van der Waals surface area (Å²) in [6.45, 7) is 3.08. The third kappa shape index (κ3) is 10.1. The summed E-state index contributed by atoms with van der Waals surface area (Å²) < 4.78 is 60.5. The number of rotatable bonds is 13. The maximum atomic E-state index is 14.0. The predicted molar refractivity (Wildman–Crippen MR) is 161 cm³/mol. The normalized spacial score (nSPS) is 12.2. The van der Waals surface area contributed by atoms with Gasteiger partial charge in [-0.15, -0.1) is 12.4 Å². The van der Waals surface area contributed by atoms with Gasteiger partial charge in [-0.05, 0) is 59.9 Å². The molecule has 1 atom stereocenters. The summed E-state index contributed by atoms with van der Waals surface area (Å²) in [7, 11) is 0. The van der Waals surface area contributed by atoms with Gasteiger partial charge < -0.3 is 9.84 Å². The van der Waals surface area contributed by atoms with Crippen molar-refractivity contribution in [3.05, 3.63) is 137 Å². The summed E-state index contributed by atoms with van der Waals surface area (Å²) in [6.07, 6.45) is -4.62. The Balaban J connectivity index is 0.00000506. The second-order valence-corrected chi connectivity index (χ2v) is 10.4. The van der Waals surface area contributed by atoms with Gasteiger partial charge in [0.25, 0.3) is 0 Å². The van der Waals surface area contributed by atoms with Crippen LogP contribution in [-0.4, -0.2) is 35.2 Å². The number of benzene rings is 4. The molecule has 0 radical (unpaired) electrons. The van der Waals surface area contributed by atoms with Gasteiger partial charge in [0.2, 0.25) is 0 Å². The van der Waals surface area contributed by atoms with Crippen molar-refractivity contribution in [3.8, 4) is 5.75 Å². The van der Waals surface area contributed by atoms with Gasteiger partial charge in [-0.2, -0.15) is 13.2 Å². The summed E-state index contributed by atoms with van der Waals surface area (Å²) in [5.41, 5.74) is 1.85. The second kappa shape index (κ2) is 15.5. The topological polar surface area (TPSA) is 49.8 Å². The first-order valence-electron chi connectivity index (χ1n) is 13.7. The maximum absolute atomic E-state index is 14.0. The fourth-order valence-corrected chi connectivity index (χ4v) is 4.97. The Morgan fingerprint density at radius 1 is 0.860 bits per heavy atom. The molecule has 0 aliphatic heterocycles. The number of ether oxygens (including phenoxy) is 1. The van der Waals surface area contributed by atoms with Gasteiger partial charge in [-0.25, -0.2) is 4.39 Å². The Morgan fingerprint density at radius 2 is 1.49 bits per heavy atom. The van der Waals surface area contributed by atoms with Crippen molar-refractivity contribution in [2.75, 3.05) is 13.1 Å². The highest BCUT2D eigenvalue weighted by Crippen LogP contribution is 2.33. The molecule has 9 heteroatoms. The van der Waals surface area contributed by atoms with Crippen molar-refractivity contribution in [3.63, 3.8) is 0 Å². The zero-order valence-electron chi connectivity index (χ0n) is 23.6. The van der Waals surface area contributed by atoms with Gasteiger partial charge in [0.1, 0.15) is 11.6 Å². The van der Waals surface area contributed by atoms with Crippen LogP contribution in [0, 0.1) is 5.82 Å². The van der Waals surface area contributed by atoms with E-state index in [1.54, 1.807) is 24.3 Å². The highest BCUT2D eigenvalue weighted by atomic mass is 35.5. The van der Waals surface area contributed by atoms with Crippen molar-refractivity contribution in [2.24, 2.45) is 0 Å². The molecule has 0 amide bonds. The van der Waals surface area contributed by atoms with E-state index >= 15 is 0 Å². The van der Waals surface area contributed by atoms with Gasteiger partial charge in [0.05, 0.1) is 18.1 Å². The maximum Gasteiger partial charge on any atom is 0.419 e. The molecule has 0 bridgehead atoms. The van der Waals surface area contributed by atoms with Crippen LogP contribution in [0.4, 0.5) is 17.6 Å². The average molecular weight is 616 g/mol. The lowest BCUT2D eigenvalue weighted by Crippen LogP contribution is -2.32. The largest absolute Gasteiger partial charge is 0.491 e. The molecule has 43 heavy (non-hydrogen) atoms. The van der Waals surface area contributed by atoms with Crippen molar-refractivity contribution in [1.29, 1.82) is 0 Å². The van der Waals surface area contributed by atoms with Crippen LogP contribution in [0.2, 0.25) is 0 Å². The fraction of sp³-hybridized carbons (Fsp3) is 0.265. The lowest BCUT2D eigenvalue weighted by Gasteiger charge is -2.30. The van der Waals surface area contributed by atoms with E-state index in [4.69, 9.17) is 9.84 Å². The van der Waals surface area contributed by atoms with E-state index < -0.39 is 23.5 Å². The molecular weight excluding hydrogens is 582 g/mol. The van der Waals surface area contributed by atoms with E-state index in [9.17, 15) is 22.4 Å². The molecule has 4 aromatic carbocycles. The number of alkyl halides is 3. The molecule has 1 unspecified atom stereocenters. The molecule has 4 rings (SSSR count). The quantitative estimate of drug-likeness (QED) is 0.154. The number of nitrogens with zero attached hydrogens (tertiary/aromatic N) is 1. The molecule has 0 spiro atoms. The van der Waals surface area contributed by atoms with Crippen LogP contribution in [0.25, 0.3) is 0 Å². The molecule has 4 aromatic rings. The SMILES string of the molecule is CC(CCN(Cc1ccc(F)c(C(F)(F)F)c1)CC(c1ccccc1)c1ccccc1)Oc1cccc(CC(=O)O)c1.Cl. The Labute approximate surface area is 255 Å². The molecule has 0 aliphatic carbocycles. The number of carboxylic acids is 1. The van der Waals surface area contributed by atoms with E-state index in [0.717, 1.165) is 23.3 Å². The number of hydrogen-bond donors (Lipinski definition) is 1. The van der Waals surface area contributed by atoms with Crippen LogP contribution in [0.1, 0.15) is 47.1 Å². The van der Waals surface area contributed by atoms with E-state index in [0.29, 0.717) is 36.4 Å². The third-order valence-electron chi connectivity index (χ3n) is 7.03. The van der Waals surface area contributed by atoms with E-state index in [2.05, 4.69) is 4.90 Å². The highest BCUT2D eigenvalue weighted by Gasteiger charge is 2.34. The first-order chi connectivity index (χ1) is 20.1. The highest BCUT2D eigenvalue weighted by molar-refractivity contribution is 5.85. The van der Waals surface area contributed by atoms with E-state index in [1.165, 1.54) is 6.07 Å². The van der Waals surface area contributed by atoms with Crippen molar-refractivity contribution in [2.45, 2.75) is 44.5 Å². The summed E-state index contributed by atoms with van der Waals surface area (Å²) in [5.74, 6) is -1.74. The van der Waals surface area contributed by atoms with Crippen LogP contribution >= 0.6 is 12.4 Å². The third-order valence-corrected chi connectivity index (χ3v) is 7.03. The lowest BCUT2D eigenvalue weighted by molar-refractivity contribution is -0.140. The number of carbonyl (C=O) groups is 1. The van der Waals surface area contributed by atoms with Crippen LogP contribution < -0.4 is 4.74 Å². The Morgan fingerprint density at radius 3 is 2.07 bits per heavy atom. The van der Waals surface area contributed by atoms with E-state index in [-0.39, 0.29) is 37.4 Å². The molecule has 0 fully saturated rings. The van der Waals surface area contributed by atoms with Gasteiger partial charge >= 0.3 is 12.1 Å². The minimum Gasteiger partial charge on any atom is -0.491 e. The lowest BCUT2D eigenvalue weighted by atomic mass is 9.90. The smallest absolute Gasteiger partial charge is 0.419 e. The van der Waals surface area contributed by atoms with Crippen LogP contribution in [-0.2, 0) is 23.9 Å². The Bertz CT molecular complexity index is 1410. The molecule has 4 nitrogen and oxygen atoms in total. The van der Waals surface area contributed by atoms with Crippen LogP contribution in [0.5, 0.6) is 5.75 Å². The summed E-state index contributed by atoms with van der Waals surface area (Å²) >= 11 is 0. The zero-order valence-corrected chi connectivity index (χ0v) is 24.5. The molecule has 0 aromatic heterocycles. The van der Waals surface area contributed by atoms with Gasteiger partial charge in [0, 0.05) is 25.6 Å². The van der Waals surface area contributed by atoms with Gasteiger partial charge in [-0.1, -0.05) is 78.9 Å². The van der Waals surface area contributed by atoms with Crippen molar-refractivity contribution in [1.82, 2.24) is 4.90 Å². The summed E-state index contributed by atoms with van der Waals surface area (Å²) in [6, 6.07) is 29.9. The molecule has 1 N–H and O–H groups in total. The monoisotopic (exact) mass is 615 g/mol.